The number of aromatic nitrogens is 4. The van der Waals surface area contributed by atoms with Gasteiger partial charge >= 0.3 is 18.4 Å². The number of nitrogens with one attached hydrogen (secondary N) is 3. The van der Waals surface area contributed by atoms with Crippen molar-refractivity contribution in [1.29, 1.82) is 0 Å². The van der Waals surface area contributed by atoms with Crippen LogP contribution in [0.25, 0.3) is 11.0 Å². The molecule has 0 unspecified atom stereocenters. The maximum atomic E-state index is 13.0. The SMILES string of the molecule is O=C(Nc1cc(C(F)(F)F)cc(C(F)(F)F)c1)NC1CCN(c2ncnc3[nH]ncc23)CC1. The van der Waals surface area contributed by atoms with E-state index in [1.807, 2.05) is 4.90 Å². The van der Waals surface area contributed by atoms with Gasteiger partial charge < -0.3 is 15.5 Å². The molecule has 14 heteroatoms. The lowest BCUT2D eigenvalue weighted by atomic mass is 10.0. The minimum Gasteiger partial charge on any atom is -0.356 e. The van der Waals surface area contributed by atoms with E-state index in [-0.39, 0.29) is 12.1 Å². The summed E-state index contributed by atoms with van der Waals surface area (Å²) in [5.41, 5.74) is -3.03. The summed E-state index contributed by atoms with van der Waals surface area (Å²) in [6, 6.07) is -0.287. The van der Waals surface area contributed by atoms with E-state index in [2.05, 4.69) is 30.8 Å². The Morgan fingerprint density at radius 2 is 1.64 bits per heavy atom. The normalized spacial score (nSPS) is 15.6. The van der Waals surface area contributed by atoms with Gasteiger partial charge in [0.2, 0.25) is 0 Å². The van der Waals surface area contributed by atoms with Crippen molar-refractivity contribution in [3.63, 3.8) is 0 Å². The third-order valence-electron chi connectivity index (χ3n) is 5.20. The lowest BCUT2D eigenvalue weighted by Crippen LogP contribution is -2.46. The Labute approximate surface area is 182 Å². The fourth-order valence-electron chi connectivity index (χ4n) is 3.62. The Balaban J connectivity index is 1.39. The van der Waals surface area contributed by atoms with Crippen LogP contribution in [0.1, 0.15) is 24.0 Å². The number of amides is 2. The monoisotopic (exact) mass is 473 g/mol. The maximum absolute atomic E-state index is 13.0. The molecule has 0 radical (unpaired) electrons. The number of carbonyl (C=O) groups is 1. The van der Waals surface area contributed by atoms with Crippen molar-refractivity contribution in [1.82, 2.24) is 25.5 Å². The number of hydrogen-bond donors (Lipinski definition) is 3. The van der Waals surface area contributed by atoms with Crippen LogP contribution in [-0.4, -0.2) is 45.3 Å². The average Bonchev–Trinajstić information content (AvgIpc) is 3.22. The fourth-order valence-corrected chi connectivity index (χ4v) is 3.62. The van der Waals surface area contributed by atoms with E-state index in [1.54, 1.807) is 6.20 Å². The molecule has 3 aromatic rings. The number of urea groups is 1. The number of rotatable bonds is 3. The number of fused-ring (bicyclic) bond motifs is 1. The van der Waals surface area contributed by atoms with Gasteiger partial charge in [-0.05, 0) is 31.0 Å². The predicted molar refractivity (Wildman–Crippen MR) is 106 cm³/mol. The Bertz CT molecular complexity index is 1120. The Morgan fingerprint density at radius 3 is 2.24 bits per heavy atom. The Kier molecular flexibility index (Phi) is 5.76. The molecule has 0 spiro atoms. The molecule has 3 heterocycles. The zero-order chi connectivity index (χ0) is 23.8. The van der Waals surface area contributed by atoms with Crippen molar-refractivity contribution >= 4 is 28.6 Å². The fraction of sp³-hybridized carbons (Fsp3) is 0.368. The average molecular weight is 473 g/mol. The zero-order valence-corrected chi connectivity index (χ0v) is 16.8. The lowest BCUT2D eigenvalue weighted by molar-refractivity contribution is -0.143. The second-order valence-electron chi connectivity index (χ2n) is 7.48. The summed E-state index contributed by atoms with van der Waals surface area (Å²) in [5.74, 6) is 0.681. The number of piperidine rings is 1. The zero-order valence-electron chi connectivity index (χ0n) is 16.8. The molecule has 0 aliphatic carbocycles. The summed E-state index contributed by atoms with van der Waals surface area (Å²) in [7, 11) is 0. The van der Waals surface area contributed by atoms with E-state index in [0.717, 1.165) is 5.39 Å². The summed E-state index contributed by atoms with van der Waals surface area (Å²) >= 11 is 0. The van der Waals surface area contributed by atoms with E-state index >= 15 is 0 Å². The van der Waals surface area contributed by atoms with Crippen LogP contribution in [0.15, 0.2) is 30.7 Å². The van der Waals surface area contributed by atoms with E-state index in [1.165, 1.54) is 6.33 Å². The first-order valence-electron chi connectivity index (χ1n) is 9.77. The first-order chi connectivity index (χ1) is 15.5. The van der Waals surface area contributed by atoms with Crippen molar-refractivity contribution in [3.05, 3.63) is 41.9 Å². The predicted octanol–water partition coefficient (Wildman–Crippen LogP) is 4.18. The van der Waals surface area contributed by atoms with Gasteiger partial charge in [-0.25, -0.2) is 14.8 Å². The molecule has 1 fully saturated rings. The van der Waals surface area contributed by atoms with Gasteiger partial charge in [-0.3, -0.25) is 5.10 Å². The number of alkyl halides is 6. The molecule has 1 aliphatic rings. The van der Waals surface area contributed by atoms with Gasteiger partial charge in [0.1, 0.15) is 12.1 Å². The van der Waals surface area contributed by atoms with Gasteiger partial charge in [0.25, 0.3) is 0 Å². The van der Waals surface area contributed by atoms with Crippen molar-refractivity contribution in [2.45, 2.75) is 31.2 Å². The van der Waals surface area contributed by atoms with Crippen LogP contribution in [0.4, 0.5) is 42.6 Å². The van der Waals surface area contributed by atoms with E-state index in [4.69, 9.17) is 0 Å². The molecule has 4 rings (SSSR count). The molecule has 1 aliphatic heterocycles. The highest BCUT2D eigenvalue weighted by Crippen LogP contribution is 2.37. The summed E-state index contributed by atoms with van der Waals surface area (Å²) in [6.07, 6.45) is -6.00. The van der Waals surface area contributed by atoms with Gasteiger partial charge in [-0.2, -0.15) is 31.4 Å². The van der Waals surface area contributed by atoms with Crippen LogP contribution in [0.2, 0.25) is 0 Å². The highest BCUT2D eigenvalue weighted by atomic mass is 19.4. The second-order valence-corrected chi connectivity index (χ2v) is 7.48. The topological polar surface area (TPSA) is 98.8 Å². The molecule has 2 amide bonds. The number of carbonyl (C=O) groups excluding carboxylic acids is 1. The number of hydrogen-bond acceptors (Lipinski definition) is 5. The highest BCUT2D eigenvalue weighted by molar-refractivity contribution is 5.90. The van der Waals surface area contributed by atoms with Crippen molar-refractivity contribution in [2.24, 2.45) is 0 Å². The van der Waals surface area contributed by atoms with E-state index < -0.39 is 35.2 Å². The third kappa shape index (κ3) is 5.09. The molecule has 0 bridgehead atoms. The van der Waals surface area contributed by atoms with Crippen molar-refractivity contribution in [3.8, 4) is 0 Å². The van der Waals surface area contributed by atoms with Crippen LogP contribution in [0, 0.1) is 0 Å². The van der Waals surface area contributed by atoms with Gasteiger partial charge in [0.05, 0.1) is 22.7 Å². The molecule has 0 saturated carbocycles. The molecule has 0 atom stereocenters. The number of nitrogens with zero attached hydrogens (tertiary/aromatic N) is 4. The number of aromatic amines is 1. The Morgan fingerprint density at radius 1 is 1.00 bits per heavy atom. The van der Waals surface area contributed by atoms with Crippen molar-refractivity contribution in [2.75, 3.05) is 23.3 Å². The number of halogens is 6. The summed E-state index contributed by atoms with van der Waals surface area (Å²) in [4.78, 5) is 22.6. The van der Waals surface area contributed by atoms with Crippen LogP contribution in [-0.2, 0) is 12.4 Å². The van der Waals surface area contributed by atoms with Crippen LogP contribution >= 0.6 is 0 Å². The van der Waals surface area contributed by atoms with Crippen molar-refractivity contribution < 1.29 is 31.1 Å². The largest absolute Gasteiger partial charge is 0.416 e. The molecule has 33 heavy (non-hydrogen) atoms. The standard InChI is InChI=1S/C19H17F6N7O/c20-18(21,22)10-5-11(19(23,24)25)7-13(6-10)30-17(33)29-12-1-3-32(4-2-12)16-14-8-28-31-15(14)26-9-27-16/h5-9,12H,1-4H2,(H2,29,30,33)(H,26,27,28,31). The summed E-state index contributed by atoms with van der Waals surface area (Å²) in [5, 5.41) is 12.1. The first-order valence-corrected chi connectivity index (χ1v) is 9.77. The van der Waals surface area contributed by atoms with Crippen LogP contribution in [0.5, 0.6) is 0 Å². The minimum absolute atomic E-state index is 0.00290. The molecule has 1 aromatic carbocycles. The summed E-state index contributed by atoms with van der Waals surface area (Å²) in [6.45, 7) is 1.04. The number of anilines is 2. The summed E-state index contributed by atoms with van der Waals surface area (Å²) < 4.78 is 77.9. The first kappa shape index (κ1) is 22.6. The van der Waals surface area contributed by atoms with Gasteiger partial charge in [-0.15, -0.1) is 0 Å². The lowest BCUT2D eigenvalue weighted by Gasteiger charge is -2.33. The smallest absolute Gasteiger partial charge is 0.356 e. The Hall–Kier alpha value is -3.58. The minimum atomic E-state index is -5.00. The molecule has 176 valence electrons. The number of H-pyrrole nitrogens is 1. The molecule has 3 N–H and O–H groups in total. The highest BCUT2D eigenvalue weighted by Gasteiger charge is 2.37. The molecular weight excluding hydrogens is 456 g/mol. The number of benzene rings is 1. The quantitative estimate of drug-likeness (QED) is 0.496. The third-order valence-corrected chi connectivity index (χ3v) is 5.20. The molecule has 1 saturated heterocycles. The van der Waals surface area contributed by atoms with Crippen LogP contribution in [0.3, 0.4) is 0 Å². The second kappa shape index (κ2) is 8.41. The molecule has 8 nitrogen and oxygen atoms in total. The van der Waals surface area contributed by atoms with Gasteiger partial charge in [-0.1, -0.05) is 0 Å². The van der Waals surface area contributed by atoms with Crippen LogP contribution < -0.4 is 15.5 Å². The van der Waals surface area contributed by atoms with E-state index in [9.17, 15) is 31.1 Å². The molecular formula is C19H17F6N7O. The molecule has 2 aromatic heterocycles. The van der Waals surface area contributed by atoms with Gasteiger partial charge in [0, 0.05) is 24.8 Å². The van der Waals surface area contributed by atoms with Gasteiger partial charge in [0.15, 0.2) is 5.65 Å². The maximum Gasteiger partial charge on any atom is 0.416 e. The van der Waals surface area contributed by atoms with E-state index in [0.29, 0.717) is 49.5 Å².